The minimum atomic E-state index is 0.0671. The molecule has 3 nitrogen and oxygen atoms in total. The van der Waals surface area contributed by atoms with Gasteiger partial charge in [0.15, 0.2) is 0 Å². The van der Waals surface area contributed by atoms with Crippen molar-refractivity contribution < 1.29 is 0 Å². The Morgan fingerprint density at radius 2 is 1.68 bits per heavy atom. The molecular weight excluding hydrogens is 256 g/mol. The van der Waals surface area contributed by atoms with Crippen molar-refractivity contribution in [2.75, 3.05) is 38.6 Å². The van der Waals surface area contributed by atoms with Crippen LogP contribution in [0.25, 0.3) is 0 Å². The van der Waals surface area contributed by atoms with E-state index < -0.39 is 0 Å². The third-order valence-corrected chi connectivity index (χ3v) is 4.04. The lowest BCUT2D eigenvalue weighted by molar-refractivity contribution is 0.327. The zero-order valence-corrected chi connectivity index (χ0v) is 13.5. The van der Waals surface area contributed by atoms with Crippen LogP contribution >= 0.6 is 12.2 Å². The molecule has 0 atom stereocenters. The van der Waals surface area contributed by atoms with Crippen LogP contribution < -0.4 is 10.3 Å². The van der Waals surface area contributed by atoms with Crippen LogP contribution in [0.4, 0.5) is 5.69 Å². The van der Waals surface area contributed by atoms with Crippen molar-refractivity contribution in [3.05, 3.63) is 20.3 Å². The van der Waals surface area contributed by atoms with E-state index in [2.05, 4.69) is 30.7 Å². The molecule has 0 unspecified atom stereocenters. The molecule has 108 valence electrons. The first-order chi connectivity index (χ1) is 9.02. The molecule has 0 aliphatic rings. The lowest BCUT2D eigenvalue weighted by Gasteiger charge is -2.24. The maximum absolute atomic E-state index is 11.7. The fourth-order valence-corrected chi connectivity index (χ4v) is 2.83. The number of hydrogen-bond donors (Lipinski definition) is 0. The average Bonchev–Trinajstić information content (AvgIpc) is 2.39. The first kappa shape index (κ1) is 16.3. The summed E-state index contributed by atoms with van der Waals surface area (Å²) >= 11 is 5.08. The zero-order valence-electron chi connectivity index (χ0n) is 12.7. The van der Waals surface area contributed by atoms with Gasteiger partial charge in [0.1, 0.15) is 0 Å². The van der Waals surface area contributed by atoms with Gasteiger partial charge in [0, 0.05) is 19.2 Å². The van der Waals surface area contributed by atoms with Gasteiger partial charge in [-0.25, -0.2) is 0 Å². The fourth-order valence-electron chi connectivity index (χ4n) is 2.49. The molecule has 0 bridgehead atoms. The molecular formula is C15H26N2OS. The third kappa shape index (κ3) is 4.11. The number of anilines is 1. The Kier molecular flexibility index (Phi) is 6.66. The number of nitrogens with zero attached hydrogens (tertiary/aromatic N) is 2. The molecule has 0 aliphatic heterocycles. The Morgan fingerprint density at radius 3 is 2.26 bits per heavy atom. The van der Waals surface area contributed by atoms with E-state index in [1.165, 1.54) is 12.8 Å². The molecule has 1 aromatic rings. The zero-order chi connectivity index (χ0) is 14.4. The maximum atomic E-state index is 11.7. The summed E-state index contributed by atoms with van der Waals surface area (Å²) in [6, 6.07) is 0. The van der Waals surface area contributed by atoms with Gasteiger partial charge in [0.05, 0.1) is 10.2 Å². The van der Waals surface area contributed by atoms with Crippen molar-refractivity contribution in [1.29, 1.82) is 0 Å². The van der Waals surface area contributed by atoms with Gasteiger partial charge < -0.3 is 9.80 Å². The first-order valence-electron chi connectivity index (χ1n) is 7.24. The lowest BCUT2D eigenvalue weighted by Crippen LogP contribution is -2.31. The summed E-state index contributed by atoms with van der Waals surface area (Å²) in [5.74, 6) is 0. The van der Waals surface area contributed by atoms with Gasteiger partial charge in [-0.1, -0.05) is 26.1 Å². The second-order valence-corrected chi connectivity index (χ2v) is 5.68. The van der Waals surface area contributed by atoms with Crippen molar-refractivity contribution in [3.8, 4) is 0 Å². The summed E-state index contributed by atoms with van der Waals surface area (Å²) in [6.07, 6.45) is 4.36. The maximum Gasteiger partial charge on any atom is 0.220 e. The molecule has 1 aromatic carbocycles. The molecule has 1 rings (SSSR count). The molecule has 0 N–H and O–H groups in total. The molecule has 0 saturated heterocycles. The van der Waals surface area contributed by atoms with Crippen molar-refractivity contribution in [2.45, 2.75) is 39.5 Å². The average molecular weight is 282 g/mol. The summed E-state index contributed by atoms with van der Waals surface area (Å²) in [7, 11) is 4.17. The molecule has 0 aromatic heterocycles. The van der Waals surface area contributed by atoms with E-state index in [1.807, 2.05) is 7.05 Å². The molecule has 19 heavy (non-hydrogen) atoms. The number of rotatable bonds is 9. The van der Waals surface area contributed by atoms with Gasteiger partial charge in [-0.15, -0.1) is 0 Å². The molecule has 0 spiro atoms. The Labute approximate surface area is 121 Å². The Balaban J connectivity index is 2.36. The van der Waals surface area contributed by atoms with Crippen LogP contribution in [0.3, 0.4) is 0 Å². The van der Waals surface area contributed by atoms with Gasteiger partial charge >= 0.3 is 0 Å². The summed E-state index contributed by atoms with van der Waals surface area (Å²) < 4.78 is 0.548. The highest BCUT2D eigenvalue weighted by molar-refractivity contribution is 7.71. The summed E-state index contributed by atoms with van der Waals surface area (Å²) in [6.45, 7) is 7.49. The van der Waals surface area contributed by atoms with Crippen LogP contribution in [0, 0.1) is 4.51 Å². The monoisotopic (exact) mass is 282 g/mol. The lowest BCUT2D eigenvalue weighted by atomic mass is 10.0. The van der Waals surface area contributed by atoms with E-state index in [9.17, 15) is 4.79 Å². The van der Waals surface area contributed by atoms with Gasteiger partial charge in [-0.2, -0.15) is 0 Å². The van der Waals surface area contributed by atoms with Crippen molar-refractivity contribution >= 4 is 17.9 Å². The van der Waals surface area contributed by atoms with E-state index in [-0.39, 0.29) is 5.43 Å². The highest BCUT2D eigenvalue weighted by atomic mass is 32.1. The smallest absolute Gasteiger partial charge is 0.220 e. The quantitative estimate of drug-likeness (QED) is 0.513. The third-order valence-electron chi connectivity index (χ3n) is 3.61. The van der Waals surface area contributed by atoms with E-state index in [0.29, 0.717) is 4.51 Å². The van der Waals surface area contributed by atoms with Crippen LogP contribution in [-0.2, 0) is 6.42 Å². The van der Waals surface area contributed by atoms with Gasteiger partial charge in [-0.05, 0) is 45.8 Å². The van der Waals surface area contributed by atoms with Gasteiger partial charge in [0.25, 0.3) is 0 Å². The summed E-state index contributed by atoms with van der Waals surface area (Å²) in [4.78, 5) is 16.2. The van der Waals surface area contributed by atoms with Crippen molar-refractivity contribution in [1.82, 2.24) is 4.90 Å². The Morgan fingerprint density at radius 1 is 1.05 bits per heavy atom. The Hall–Kier alpha value is -0.740. The summed E-state index contributed by atoms with van der Waals surface area (Å²) in [5, 5.41) is 0. The molecule has 0 fully saturated rings. The molecule has 4 heteroatoms. The van der Waals surface area contributed by atoms with Crippen molar-refractivity contribution in [3.63, 3.8) is 0 Å². The minimum absolute atomic E-state index is 0.0671. The summed E-state index contributed by atoms with van der Waals surface area (Å²) in [5.41, 5.74) is 2.00. The first-order valence-corrected chi connectivity index (χ1v) is 7.65. The SMILES string of the molecule is CCCN(C)CCCCN(C)c1c(CC)c(=S)c1=O. The van der Waals surface area contributed by atoms with Gasteiger partial charge in [-0.3, -0.25) is 4.79 Å². The van der Waals surface area contributed by atoms with Crippen LogP contribution in [0.1, 0.15) is 38.7 Å². The van der Waals surface area contributed by atoms with Crippen LogP contribution in [0.2, 0.25) is 0 Å². The molecule has 0 aliphatic carbocycles. The van der Waals surface area contributed by atoms with Crippen LogP contribution in [-0.4, -0.2) is 38.6 Å². The van der Waals surface area contributed by atoms with E-state index in [0.717, 1.165) is 43.7 Å². The van der Waals surface area contributed by atoms with Crippen molar-refractivity contribution in [2.24, 2.45) is 0 Å². The molecule has 0 saturated carbocycles. The normalized spacial score (nSPS) is 11.4. The van der Waals surface area contributed by atoms with Crippen LogP contribution in [0.15, 0.2) is 4.79 Å². The Bertz CT molecular complexity index is 463. The molecule has 0 radical (unpaired) electrons. The number of unbranched alkanes of at least 4 members (excludes halogenated alkanes) is 1. The van der Waals surface area contributed by atoms with Gasteiger partial charge in [0.2, 0.25) is 5.43 Å². The predicted octanol–water partition coefficient (Wildman–Crippen LogP) is 2.77. The largest absolute Gasteiger partial charge is 0.371 e. The van der Waals surface area contributed by atoms with E-state index in [4.69, 9.17) is 12.2 Å². The molecule has 0 amide bonds. The second-order valence-electron chi connectivity index (χ2n) is 5.27. The highest BCUT2D eigenvalue weighted by Crippen LogP contribution is 2.20. The topological polar surface area (TPSA) is 23.6 Å². The minimum Gasteiger partial charge on any atom is -0.371 e. The van der Waals surface area contributed by atoms with Crippen LogP contribution in [0.5, 0.6) is 0 Å². The molecule has 0 heterocycles. The second kappa shape index (κ2) is 7.75. The standard InChI is InChI=1S/C15H26N2OS/c1-5-9-16(3)10-7-8-11-17(4)13-12(6-2)15(19)14(13)18/h5-11H2,1-4H3. The fraction of sp³-hybridized carbons (Fsp3) is 0.733. The predicted molar refractivity (Wildman–Crippen MR) is 85.6 cm³/mol. The van der Waals surface area contributed by atoms with E-state index >= 15 is 0 Å². The number of hydrogen-bond acceptors (Lipinski definition) is 4. The van der Waals surface area contributed by atoms with E-state index in [1.54, 1.807) is 0 Å². The highest BCUT2D eigenvalue weighted by Gasteiger charge is 2.19.